The normalized spacial score (nSPS) is 12.4. The van der Waals surface area contributed by atoms with Gasteiger partial charge in [-0.3, -0.25) is 4.79 Å². The average Bonchev–Trinajstić information content (AvgIpc) is 2.34. The van der Waals surface area contributed by atoms with E-state index in [-0.39, 0.29) is 16.8 Å². The average molecular weight is 336 g/mol. The van der Waals surface area contributed by atoms with E-state index in [4.69, 9.17) is 11.6 Å². The second-order valence-corrected chi connectivity index (χ2v) is 6.19. The van der Waals surface area contributed by atoms with Crippen LogP contribution < -0.4 is 10.6 Å². The largest absolute Gasteiger partial charge is 0.384 e. The maximum atomic E-state index is 13.7. The molecule has 1 aromatic rings. The van der Waals surface area contributed by atoms with Gasteiger partial charge in [-0.2, -0.15) is 0 Å². The Kier molecular flexibility index (Phi) is 5.70. The van der Waals surface area contributed by atoms with Crippen molar-refractivity contribution < 1.29 is 18.7 Å². The Hall–Kier alpha value is -1.47. The van der Waals surface area contributed by atoms with Gasteiger partial charge in [-0.05, 0) is 33.8 Å². The summed E-state index contributed by atoms with van der Waals surface area (Å²) in [7, 11) is 0. The molecule has 3 N–H and O–H groups in total. The van der Waals surface area contributed by atoms with Crippen LogP contribution in [0.4, 0.5) is 14.5 Å². The number of hydrogen-bond acceptors (Lipinski definition) is 4. The van der Waals surface area contributed by atoms with Crippen LogP contribution in [0, 0.1) is 0 Å². The molecule has 0 radical (unpaired) electrons. The summed E-state index contributed by atoms with van der Waals surface area (Å²) in [6.07, 6.45) is 1.21. The van der Waals surface area contributed by atoms with E-state index < -0.39 is 24.0 Å². The molecule has 0 saturated carbocycles. The predicted molar refractivity (Wildman–Crippen MR) is 81.6 cm³/mol. The van der Waals surface area contributed by atoms with Crippen molar-refractivity contribution in [1.82, 2.24) is 10.3 Å². The van der Waals surface area contributed by atoms with Crippen LogP contribution in [0.15, 0.2) is 12.3 Å². The fraction of sp³-hybridized carbons (Fsp3) is 0.571. The molecule has 1 rings (SSSR count). The van der Waals surface area contributed by atoms with E-state index >= 15 is 0 Å². The molecular formula is C14H20ClF2N3O2. The molecule has 8 heteroatoms. The van der Waals surface area contributed by atoms with Crippen LogP contribution in [0.5, 0.6) is 0 Å². The zero-order valence-corrected chi connectivity index (χ0v) is 13.6. The summed E-state index contributed by atoms with van der Waals surface area (Å²) in [6.45, 7) is 4.69. The number of alkyl halides is 2. The lowest BCUT2D eigenvalue weighted by molar-refractivity contribution is -0.156. The lowest BCUT2D eigenvalue weighted by atomic mass is 10.0. The maximum Gasteiger partial charge on any atom is 0.292 e. The zero-order valence-electron chi connectivity index (χ0n) is 12.9. The van der Waals surface area contributed by atoms with Crippen LogP contribution >= 0.6 is 11.6 Å². The molecule has 0 aliphatic heterocycles. The lowest BCUT2D eigenvalue weighted by Crippen LogP contribution is -2.50. The third kappa shape index (κ3) is 4.78. The topological polar surface area (TPSA) is 74.2 Å². The van der Waals surface area contributed by atoms with Crippen LogP contribution in [0.3, 0.4) is 0 Å². The van der Waals surface area contributed by atoms with Gasteiger partial charge in [0.05, 0.1) is 17.8 Å². The highest BCUT2D eigenvalue weighted by Gasteiger charge is 2.45. The van der Waals surface area contributed by atoms with Crippen molar-refractivity contribution in [3.8, 4) is 0 Å². The number of amides is 1. The SMILES string of the molecule is CC(C)Nc1cc(Cl)ncc1C(=O)NCC(F)(F)C(C)(C)O. The van der Waals surface area contributed by atoms with Crippen molar-refractivity contribution >= 4 is 23.2 Å². The van der Waals surface area contributed by atoms with Gasteiger partial charge in [-0.1, -0.05) is 11.6 Å². The highest BCUT2D eigenvalue weighted by atomic mass is 35.5. The number of carbonyl (C=O) groups excluding carboxylic acids is 1. The van der Waals surface area contributed by atoms with Crippen molar-refractivity contribution in [2.24, 2.45) is 0 Å². The van der Waals surface area contributed by atoms with Crippen LogP contribution in [0.25, 0.3) is 0 Å². The smallest absolute Gasteiger partial charge is 0.292 e. The van der Waals surface area contributed by atoms with Gasteiger partial charge < -0.3 is 15.7 Å². The predicted octanol–water partition coefficient (Wildman–Crippen LogP) is 2.69. The summed E-state index contributed by atoms with van der Waals surface area (Å²) in [4.78, 5) is 15.9. The summed E-state index contributed by atoms with van der Waals surface area (Å²) < 4.78 is 27.3. The second-order valence-electron chi connectivity index (χ2n) is 5.80. The number of halogens is 3. The van der Waals surface area contributed by atoms with Gasteiger partial charge >= 0.3 is 0 Å². The molecule has 0 atom stereocenters. The third-order valence-electron chi connectivity index (χ3n) is 2.93. The number of hydrogen-bond donors (Lipinski definition) is 3. The first-order chi connectivity index (χ1) is 9.94. The molecule has 1 heterocycles. The minimum absolute atomic E-state index is 0.0165. The molecule has 22 heavy (non-hydrogen) atoms. The quantitative estimate of drug-likeness (QED) is 0.699. The summed E-state index contributed by atoms with van der Waals surface area (Å²) in [6, 6.07) is 1.47. The van der Waals surface area contributed by atoms with Crippen molar-refractivity contribution in [2.75, 3.05) is 11.9 Å². The highest BCUT2D eigenvalue weighted by Crippen LogP contribution is 2.27. The second kappa shape index (κ2) is 6.75. The van der Waals surface area contributed by atoms with E-state index in [0.29, 0.717) is 5.69 Å². The van der Waals surface area contributed by atoms with Crippen LogP contribution in [-0.2, 0) is 0 Å². The minimum atomic E-state index is -3.46. The number of rotatable bonds is 6. The van der Waals surface area contributed by atoms with Gasteiger partial charge in [0.1, 0.15) is 10.8 Å². The molecular weight excluding hydrogens is 316 g/mol. The third-order valence-corrected chi connectivity index (χ3v) is 3.13. The lowest BCUT2D eigenvalue weighted by Gasteiger charge is -2.29. The summed E-state index contributed by atoms with van der Waals surface area (Å²) in [5.74, 6) is -4.19. The van der Waals surface area contributed by atoms with Crippen molar-refractivity contribution in [2.45, 2.75) is 45.3 Å². The number of nitrogens with zero attached hydrogens (tertiary/aromatic N) is 1. The Labute approximate surface area is 133 Å². The Morgan fingerprint density at radius 1 is 1.45 bits per heavy atom. The molecule has 0 aromatic carbocycles. The fourth-order valence-electron chi connectivity index (χ4n) is 1.54. The maximum absolute atomic E-state index is 13.7. The first-order valence-electron chi connectivity index (χ1n) is 6.74. The van der Waals surface area contributed by atoms with E-state index in [1.54, 1.807) is 0 Å². The molecule has 1 aromatic heterocycles. The van der Waals surface area contributed by atoms with Crippen LogP contribution in [-0.4, -0.2) is 40.1 Å². The van der Waals surface area contributed by atoms with Crippen molar-refractivity contribution in [1.29, 1.82) is 0 Å². The molecule has 0 aliphatic carbocycles. The zero-order chi connectivity index (χ0) is 17.1. The Morgan fingerprint density at radius 3 is 2.55 bits per heavy atom. The van der Waals surface area contributed by atoms with Crippen LogP contribution in [0.1, 0.15) is 38.1 Å². The summed E-state index contributed by atoms with van der Waals surface area (Å²) >= 11 is 5.78. The van der Waals surface area contributed by atoms with E-state index in [1.165, 1.54) is 12.3 Å². The van der Waals surface area contributed by atoms with Gasteiger partial charge in [-0.25, -0.2) is 13.8 Å². The minimum Gasteiger partial charge on any atom is -0.384 e. The summed E-state index contributed by atoms with van der Waals surface area (Å²) in [5, 5.41) is 14.7. The number of anilines is 1. The van der Waals surface area contributed by atoms with Crippen LogP contribution in [0.2, 0.25) is 5.15 Å². The highest BCUT2D eigenvalue weighted by molar-refractivity contribution is 6.29. The number of pyridine rings is 1. The standard InChI is InChI=1S/C14H20ClF2N3O2/c1-8(2)20-10-5-11(15)18-6-9(10)12(21)19-7-14(16,17)13(3,4)22/h5-6,8,22H,7H2,1-4H3,(H,18,20)(H,19,21). The van der Waals surface area contributed by atoms with Gasteiger partial charge in [0.2, 0.25) is 0 Å². The van der Waals surface area contributed by atoms with E-state index in [2.05, 4.69) is 15.6 Å². The molecule has 0 spiro atoms. The summed E-state index contributed by atoms with van der Waals surface area (Å²) in [5.41, 5.74) is -1.74. The number of nitrogens with one attached hydrogen (secondary N) is 2. The molecule has 1 amide bonds. The molecule has 0 fully saturated rings. The Bertz CT molecular complexity index is 545. The fourth-order valence-corrected chi connectivity index (χ4v) is 1.70. The monoisotopic (exact) mass is 335 g/mol. The number of aromatic nitrogens is 1. The Balaban J connectivity index is 2.90. The van der Waals surface area contributed by atoms with Crippen molar-refractivity contribution in [3.05, 3.63) is 23.0 Å². The molecule has 0 saturated heterocycles. The van der Waals surface area contributed by atoms with E-state index in [9.17, 15) is 18.7 Å². The molecule has 0 bridgehead atoms. The number of carbonyl (C=O) groups is 1. The molecule has 5 nitrogen and oxygen atoms in total. The molecule has 124 valence electrons. The Morgan fingerprint density at radius 2 is 2.05 bits per heavy atom. The van der Waals surface area contributed by atoms with Gasteiger partial charge in [0, 0.05) is 12.2 Å². The van der Waals surface area contributed by atoms with E-state index in [1.807, 2.05) is 13.8 Å². The first-order valence-corrected chi connectivity index (χ1v) is 7.12. The molecule has 0 aliphatic rings. The molecule has 0 unspecified atom stereocenters. The van der Waals surface area contributed by atoms with E-state index in [0.717, 1.165) is 13.8 Å². The number of aliphatic hydroxyl groups is 1. The first kappa shape index (κ1) is 18.6. The van der Waals surface area contributed by atoms with Gasteiger partial charge in [-0.15, -0.1) is 0 Å². The van der Waals surface area contributed by atoms with Gasteiger partial charge in [0.15, 0.2) is 0 Å². The van der Waals surface area contributed by atoms with Gasteiger partial charge in [0.25, 0.3) is 11.8 Å². The van der Waals surface area contributed by atoms with Crippen molar-refractivity contribution in [3.63, 3.8) is 0 Å².